The van der Waals surface area contributed by atoms with Crippen molar-refractivity contribution in [3.05, 3.63) is 16.1 Å². The van der Waals surface area contributed by atoms with E-state index in [-0.39, 0.29) is 5.78 Å². The van der Waals surface area contributed by atoms with Crippen molar-refractivity contribution in [3.8, 4) is 11.8 Å². The molecule has 0 aliphatic carbocycles. The second-order valence-electron chi connectivity index (χ2n) is 2.70. The van der Waals surface area contributed by atoms with Gasteiger partial charge in [-0.25, -0.2) is 4.98 Å². The molecule has 1 rings (SSSR count). The molecule has 1 heterocycles. The number of ketones is 1. The van der Waals surface area contributed by atoms with E-state index in [1.807, 2.05) is 12.3 Å². The highest BCUT2D eigenvalue weighted by Gasteiger charge is 2.04. The lowest BCUT2D eigenvalue weighted by atomic mass is 10.2. The van der Waals surface area contributed by atoms with Crippen molar-refractivity contribution in [1.29, 1.82) is 0 Å². The van der Waals surface area contributed by atoms with E-state index in [0.29, 0.717) is 12.8 Å². The first-order valence-corrected chi connectivity index (χ1v) is 4.92. The zero-order chi connectivity index (χ0) is 9.68. The Hall–Kier alpha value is -1.14. The number of aromatic nitrogens is 1. The molecule has 1 aromatic heterocycles. The lowest BCUT2D eigenvalue weighted by Crippen LogP contribution is -2.00. The third kappa shape index (κ3) is 3.39. The van der Waals surface area contributed by atoms with Gasteiger partial charge in [-0.15, -0.1) is 17.3 Å². The number of nitrogens with zero attached hydrogens (tertiary/aromatic N) is 1. The number of rotatable bonds is 3. The molecule has 0 aliphatic rings. The van der Waals surface area contributed by atoms with Crippen LogP contribution in [-0.4, -0.2) is 10.8 Å². The van der Waals surface area contributed by atoms with E-state index >= 15 is 0 Å². The van der Waals surface area contributed by atoms with Gasteiger partial charge in [-0.3, -0.25) is 4.79 Å². The summed E-state index contributed by atoms with van der Waals surface area (Å²) in [5.74, 6) is 5.60. The Morgan fingerprint density at radius 2 is 2.46 bits per heavy atom. The van der Waals surface area contributed by atoms with Gasteiger partial charge in [-0.1, -0.05) is 5.92 Å². The predicted molar refractivity (Wildman–Crippen MR) is 53.6 cm³/mol. The Kier molecular flexibility index (Phi) is 3.66. The highest BCUT2D eigenvalue weighted by atomic mass is 32.1. The van der Waals surface area contributed by atoms with Crippen LogP contribution in [-0.2, 0) is 11.2 Å². The number of carbonyl (C=O) groups is 1. The van der Waals surface area contributed by atoms with Crippen LogP contribution in [0.25, 0.3) is 0 Å². The van der Waals surface area contributed by atoms with Gasteiger partial charge >= 0.3 is 0 Å². The molecule has 0 bridgehead atoms. The summed E-state index contributed by atoms with van der Waals surface area (Å²) in [7, 11) is 0. The lowest BCUT2D eigenvalue weighted by molar-refractivity contribution is -0.117. The van der Waals surface area contributed by atoms with Crippen LogP contribution in [0.2, 0.25) is 0 Å². The summed E-state index contributed by atoms with van der Waals surface area (Å²) in [5.41, 5.74) is 0.981. The molecule has 0 amide bonds. The number of hydrogen-bond acceptors (Lipinski definition) is 3. The number of aryl methyl sites for hydroxylation is 1. The fraction of sp³-hybridized carbons (Fsp3) is 0.400. The fourth-order valence-electron chi connectivity index (χ4n) is 0.902. The summed E-state index contributed by atoms with van der Waals surface area (Å²) in [6.45, 7) is 3.66. The SMILES string of the molecule is CC#CCC(=O)Cc1nc(C)cs1. The molecular weight excluding hydrogens is 182 g/mol. The Labute approximate surface area is 82.0 Å². The summed E-state index contributed by atoms with van der Waals surface area (Å²) in [6, 6.07) is 0. The summed E-state index contributed by atoms with van der Waals surface area (Å²) in [6.07, 6.45) is 0.766. The Morgan fingerprint density at radius 1 is 1.69 bits per heavy atom. The van der Waals surface area contributed by atoms with Gasteiger partial charge < -0.3 is 0 Å². The Balaban J connectivity index is 2.48. The number of thiazole rings is 1. The summed E-state index contributed by atoms with van der Waals surface area (Å²) in [4.78, 5) is 15.5. The van der Waals surface area contributed by atoms with E-state index < -0.39 is 0 Å². The van der Waals surface area contributed by atoms with E-state index in [1.165, 1.54) is 11.3 Å². The van der Waals surface area contributed by atoms with Gasteiger partial charge in [0.05, 0.1) is 12.8 Å². The first-order valence-electron chi connectivity index (χ1n) is 4.04. The van der Waals surface area contributed by atoms with E-state index in [2.05, 4.69) is 16.8 Å². The third-order valence-electron chi connectivity index (χ3n) is 1.48. The van der Waals surface area contributed by atoms with Crippen LogP contribution in [0.15, 0.2) is 5.38 Å². The molecule has 0 aliphatic heterocycles. The van der Waals surface area contributed by atoms with E-state index in [4.69, 9.17) is 0 Å². The second kappa shape index (κ2) is 4.78. The van der Waals surface area contributed by atoms with Crippen molar-refractivity contribution < 1.29 is 4.79 Å². The third-order valence-corrected chi connectivity index (χ3v) is 2.44. The van der Waals surface area contributed by atoms with E-state index in [9.17, 15) is 4.79 Å². The molecule has 0 fully saturated rings. The van der Waals surface area contributed by atoms with Crippen molar-refractivity contribution in [2.75, 3.05) is 0 Å². The molecular formula is C10H11NOS. The maximum Gasteiger partial charge on any atom is 0.151 e. The van der Waals surface area contributed by atoms with Gasteiger partial charge in [-0.05, 0) is 13.8 Å². The number of Topliss-reactive ketones (excluding diaryl/α,β-unsaturated/α-hetero) is 1. The van der Waals surface area contributed by atoms with Crippen LogP contribution >= 0.6 is 11.3 Å². The standard InChI is InChI=1S/C10H11NOS/c1-3-4-5-9(12)6-10-11-8(2)7-13-10/h7H,5-6H2,1-2H3. The monoisotopic (exact) mass is 193 g/mol. The van der Waals surface area contributed by atoms with Crippen LogP contribution in [0.1, 0.15) is 24.0 Å². The molecule has 0 spiro atoms. The first kappa shape index (κ1) is 9.94. The first-order chi connectivity index (χ1) is 6.22. The molecule has 2 nitrogen and oxygen atoms in total. The normalized spacial score (nSPS) is 9.08. The van der Waals surface area contributed by atoms with Crippen molar-refractivity contribution >= 4 is 17.1 Å². The number of carbonyl (C=O) groups excluding carboxylic acids is 1. The van der Waals surface area contributed by atoms with Crippen molar-refractivity contribution in [2.24, 2.45) is 0 Å². The molecule has 0 saturated heterocycles. The molecule has 13 heavy (non-hydrogen) atoms. The molecule has 1 aromatic rings. The minimum atomic E-state index is 0.142. The molecule has 0 atom stereocenters. The minimum absolute atomic E-state index is 0.142. The second-order valence-corrected chi connectivity index (χ2v) is 3.64. The largest absolute Gasteiger partial charge is 0.298 e. The van der Waals surface area contributed by atoms with Crippen molar-refractivity contribution in [1.82, 2.24) is 4.98 Å². The fourth-order valence-corrected chi connectivity index (χ4v) is 1.70. The smallest absolute Gasteiger partial charge is 0.151 e. The highest BCUT2D eigenvalue weighted by Crippen LogP contribution is 2.09. The van der Waals surface area contributed by atoms with Crippen LogP contribution in [0.3, 0.4) is 0 Å². The highest BCUT2D eigenvalue weighted by molar-refractivity contribution is 7.09. The Morgan fingerprint density at radius 3 is 3.00 bits per heavy atom. The average Bonchev–Trinajstić information content (AvgIpc) is 2.48. The minimum Gasteiger partial charge on any atom is -0.298 e. The van der Waals surface area contributed by atoms with Gasteiger partial charge in [0, 0.05) is 11.1 Å². The van der Waals surface area contributed by atoms with Crippen LogP contribution < -0.4 is 0 Å². The van der Waals surface area contributed by atoms with Crippen LogP contribution in [0.5, 0.6) is 0 Å². The van der Waals surface area contributed by atoms with Crippen LogP contribution in [0, 0.1) is 18.8 Å². The molecule has 68 valence electrons. The summed E-state index contributed by atoms with van der Waals surface area (Å²) >= 11 is 1.53. The summed E-state index contributed by atoms with van der Waals surface area (Å²) < 4.78 is 0. The maximum atomic E-state index is 11.2. The molecule has 0 aromatic carbocycles. The van der Waals surface area contributed by atoms with Crippen LogP contribution in [0.4, 0.5) is 0 Å². The molecule has 0 saturated carbocycles. The zero-order valence-electron chi connectivity index (χ0n) is 7.76. The van der Waals surface area contributed by atoms with Gasteiger partial charge in [-0.2, -0.15) is 0 Å². The summed E-state index contributed by atoms with van der Waals surface area (Å²) in [5, 5.41) is 2.84. The van der Waals surface area contributed by atoms with Gasteiger partial charge in [0.2, 0.25) is 0 Å². The quantitative estimate of drug-likeness (QED) is 0.687. The zero-order valence-corrected chi connectivity index (χ0v) is 8.57. The topological polar surface area (TPSA) is 30.0 Å². The molecule has 0 unspecified atom stereocenters. The predicted octanol–water partition coefficient (Wildman–Crippen LogP) is 1.98. The van der Waals surface area contributed by atoms with Gasteiger partial charge in [0.1, 0.15) is 5.01 Å². The van der Waals surface area contributed by atoms with Crippen molar-refractivity contribution in [2.45, 2.75) is 26.7 Å². The maximum absolute atomic E-state index is 11.2. The van der Waals surface area contributed by atoms with Gasteiger partial charge in [0.25, 0.3) is 0 Å². The Bertz CT molecular complexity index is 356. The lowest BCUT2D eigenvalue weighted by Gasteiger charge is -1.90. The average molecular weight is 193 g/mol. The molecule has 3 heteroatoms. The van der Waals surface area contributed by atoms with Crippen molar-refractivity contribution in [3.63, 3.8) is 0 Å². The molecule has 0 N–H and O–H groups in total. The van der Waals surface area contributed by atoms with Gasteiger partial charge in [0.15, 0.2) is 5.78 Å². The molecule has 0 radical (unpaired) electrons. The number of hydrogen-bond donors (Lipinski definition) is 0. The van der Waals surface area contributed by atoms with E-state index in [0.717, 1.165) is 10.7 Å². The van der Waals surface area contributed by atoms with E-state index in [1.54, 1.807) is 6.92 Å².